The van der Waals surface area contributed by atoms with Gasteiger partial charge >= 0.3 is 11.9 Å². The summed E-state index contributed by atoms with van der Waals surface area (Å²) in [6.45, 7) is -0.662. The van der Waals surface area contributed by atoms with E-state index in [1.165, 1.54) is 36.0 Å². The zero-order valence-electron chi connectivity index (χ0n) is 19.0. The number of carbonyl (C=O) groups is 5. The number of thioether (sulfide) groups is 1. The zero-order valence-corrected chi connectivity index (χ0v) is 19.8. The SMILES string of the molecule is CSCCC(NC(=O)C(N)CO)C(=O)NC(CC(=O)O)C(=O)NC(Cc1ccc(O)cc1)C(=O)O. The normalized spacial score (nSPS) is 14.1. The van der Waals surface area contributed by atoms with Gasteiger partial charge < -0.3 is 42.1 Å². The zero-order chi connectivity index (χ0) is 26.5. The Labute approximate surface area is 205 Å². The van der Waals surface area contributed by atoms with Crippen LogP contribution in [0, 0.1) is 0 Å². The van der Waals surface area contributed by atoms with Crippen LogP contribution in [0.5, 0.6) is 5.75 Å². The minimum atomic E-state index is -1.64. The maximum atomic E-state index is 12.8. The Morgan fingerprint density at radius 3 is 1.97 bits per heavy atom. The van der Waals surface area contributed by atoms with Gasteiger partial charge in [0.1, 0.15) is 29.9 Å². The Morgan fingerprint density at radius 2 is 1.46 bits per heavy atom. The average Bonchev–Trinajstić information content (AvgIpc) is 2.80. The van der Waals surface area contributed by atoms with Crippen LogP contribution in [0.1, 0.15) is 18.4 Å². The number of nitrogens with two attached hydrogens (primary N) is 1. The molecule has 0 saturated heterocycles. The quantitative estimate of drug-likeness (QED) is 0.128. The highest BCUT2D eigenvalue weighted by Crippen LogP contribution is 2.12. The molecule has 4 unspecified atom stereocenters. The molecule has 0 aromatic heterocycles. The van der Waals surface area contributed by atoms with Crippen molar-refractivity contribution in [2.45, 2.75) is 43.4 Å². The lowest BCUT2D eigenvalue weighted by molar-refractivity contribution is -0.143. The number of nitrogens with one attached hydrogen (secondary N) is 3. The molecule has 0 radical (unpaired) electrons. The molecule has 14 heteroatoms. The van der Waals surface area contributed by atoms with Crippen molar-refractivity contribution in [1.29, 1.82) is 0 Å². The third kappa shape index (κ3) is 10.6. The molecule has 0 fully saturated rings. The van der Waals surface area contributed by atoms with Gasteiger partial charge in [0, 0.05) is 6.42 Å². The first-order valence-electron chi connectivity index (χ1n) is 10.5. The molecule has 9 N–H and O–H groups in total. The summed E-state index contributed by atoms with van der Waals surface area (Å²) in [5.41, 5.74) is 5.93. The standard InChI is InChI=1S/C21H30N4O9S/c1-35-7-6-14(23-18(30)13(22)10-26)19(31)24-15(9-17(28)29)20(32)25-16(21(33)34)8-11-2-4-12(27)5-3-11/h2-5,13-16,26-27H,6-10,22H2,1H3,(H,23,30)(H,24,31)(H,25,32)(H,28,29)(H,33,34). The van der Waals surface area contributed by atoms with Crippen molar-refractivity contribution in [3.05, 3.63) is 29.8 Å². The highest BCUT2D eigenvalue weighted by atomic mass is 32.2. The first kappa shape index (κ1) is 29.7. The number of aliphatic hydroxyl groups excluding tert-OH is 1. The lowest BCUT2D eigenvalue weighted by atomic mass is 10.0. The molecule has 13 nitrogen and oxygen atoms in total. The number of phenolic OH excluding ortho intramolecular Hbond substituents is 1. The summed E-state index contributed by atoms with van der Waals surface area (Å²) in [4.78, 5) is 60.5. The molecule has 0 heterocycles. The van der Waals surface area contributed by atoms with E-state index in [1.807, 2.05) is 0 Å². The molecule has 0 aliphatic heterocycles. The fourth-order valence-electron chi connectivity index (χ4n) is 2.86. The number of hydrogen-bond acceptors (Lipinski definition) is 9. The molecule has 194 valence electrons. The summed E-state index contributed by atoms with van der Waals surface area (Å²) >= 11 is 1.37. The Balaban J connectivity index is 2.99. The summed E-state index contributed by atoms with van der Waals surface area (Å²) in [5, 5.41) is 43.9. The van der Waals surface area contributed by atoms with E-state index < -0.39 is 66.9 Å². The molecule has 0 bridgehead atoms. The molecule has 4 atom stereocenters. The number of carboxylic acids is 2. The fraction of sp³-hybridized carbons (Fsp3) is 0.476. The lowest BCUT2D eigenvalue weighted by Gasteiger charge is -2.24. The molecule has 35 heavy (non-hydrogen) atoms. The lowest BCUT2D eigenvalue weighted by Crippen LogP contribution is -2.58. The minimum Gasteiger partial charge on any atom is -0.508 e. The predicted molar refractivity (Wildman–Crippen MR) is 126 cm³/mol. The monoisotopic (exact) mass is 514 g/mol. The van der Waals surface area contributed by atoms with Crippen LogP contribution in [0.2, 0.25) is 0 Å². The molecule has 0 aliphatic carbocycles. The molecule has 1 aromatic carbocycles. The molecular formula is C21H30N4O9S. The number of amides is 3. The van der Waals surface area contributed by atoms with E-state index in [0.717, 1.165) is 0 Å². The van der Waals surface area contributed by atoms with Crippen molar-refractivity contribution in [2.75, 3.05) is 18.6 Å². The molecule has 0 aliphatic rings. The third-order valence-electron chi connectivity index (χ3n) is 4.78. The number of carbonyl (C=O) groups excluding carboxylic acids is 3. The number of aromatic hydroxyl groups is 1. The second-order valence-electron chi connectivity index (χ2n) is 7.56. The Morgan fingerprint density at radius 1 is 0.914 bits per heavy atom. The van der Waals surface area contributed by atoms with Crippen molar-refractivity contribution < 1.29 is 44.4 Å². The molecule has 3 amide bonds. The van der Waals surface area contributed by atoms with E-state index in [2.05, 4.69) is 16.0 Å². The number of aliphatic hydroxyl groups is 1. The molecule has 1 rings (SSSR count). The van der Waals surface area contributed by atoms with Crippen LogP contribution in [-0.4, -0.2) is 92.9 Å². The number of hydrogen-bond donors (Lipinski definition) is 8. The van der Waals surface area contributed by atoms with E-state index >= 15 is 0 Å². The van der Waals surface area contributed by atoms with Gasteiger partial charge in [0.05, 0.1) is 13.0 Å². The van der Waals surface area contributed by atoms with Crippen molar-refractivity contribution in [1.82, 2.24) is 16.0 Å². The molecule has 1 aromatic rings. The van der Waals surface area contributed by atoms with Crippen LogP contribution in [0.25, 0.3) is 0 Å². The van der Waals surface area contributed by atoms with Crippen LogP contribution in [0.4, 0.5) is 0 Å². The van der Waals surface area contributed by atoms with Crippen molar-refractivity contribution in [3.63, 3.8) is 0 Å². The molecule has 0 spiro atoms. The van der Waals surface area contributed by atoms with E-state index in [4.69, 9.17) is 10.8 Å². The van der Waals surface area contributed by atoms with Gasteiger partial charge in [0.15, 0.2) is 0 Å². The third-order valence-corrected chi connectivity index (χ3v) is 5.42. The molecule has 0 saturated carbocycles. The number of carboxylic acid groups (broad SMARTS) is 2. The van der Waals surface area contributed by atoms with Gasteiger partial charge in [0.25, 0.3) is 0 Å². The molecular weight excluding hydrogens is 484 g/mol. The highest BCUT2D eigenvalue weighted by molar-refractivity contribution is 7.98. The van der Waals surface area contributed by atoms with Gasteiger partial charge in [-0.3, -0.25) is 19.2 Å². The van der Waals surface area contributed by atoms with Crippen LogP contribution in [0.3, 0.4) is 0 Å². The highest BCUT2D eigenvalue weighted by Gasteiger charge is 2.31. The summed E-state index contributed by atoms with van der Waals surface area (Å²) < 4.78 is 0. The van der Waals surface area contributed by atoms with E-state index in [0.29, 0.717) is 11.3 Å². The summed E-state index contributed by atoms with van der Waals surface area (Å²) in [6.07, 6.45) is 0.872. The summed E-state index contributed by atoms with van der Waals surface area (Å²) in [6, 6.07) is 0.0629. The van der Waals surface area contributed by atoms with Gasteiger partial charge in [-0.15, -0.1) is 0 Å². The van der Waals surface area contributed by atoms with Crippen molar-refractivity contribution in [3.8, 4) is 5.75 Å². The number of benzene rings is 1. The van der Waals surface area contributed by atoms with Crippen molar-refractivity contribution >= 4 is 41.4 Å². The van der Waals surface area contributed by atoms with Gasteiger partial charge in [-0.1, -0.05) is 12.1 Å². The van der Waals surface area contributed by atoms with Gasteiger partial charge in [-0.2, -0.15) is 11.8 Å². The van der Waals surface area contributed by atoms with Crippen LogP contribution in [0.15, 0.2) is 24.3 Å². The van der Waals surface area contributed by atoms with E-state index in [1.54, 1.807) is 6.26 Å². The smallest absolute Gasteiger partial charge is 0.326 e. The van der Waals surface area contributed by atoms with Crippen LogP contribution < -0.4 is 21.7 Å². The first-order chi connectivity index (χ1) is 16.5. The second kappa shape index (κ2) is 14.8. The van der Waals surface area contributed by atoms with E-state index in [-0.39, 0.29) is 18.6 Å². The Bertz CT molecular complexity index is 897. The number of aliphatic carboxylic acids is 2. The second-order valence-corrected chi connectivity index (χ2v) is 8.55. The van der Waals surface area contributed by atoms with Gasteiger partial charge in [-0.25, -0.2) is 4.79 Å². The largest absolute Gasteiger partial charge is 0.508 e. The summed E-state index contributed by atoms with van der Waals surface area (Å²) in [7, 11) is 0. The predicted octanol–water partition coefficient (Wildman–Crippen LogP) is -1.98. The summed E-state index contributed by atoms with van der Waals surface area (Å²) in [5.74, 6) is -5.16. The maximum Gasteiger partial charge on any atom is 0.326 e. The topological polar surface area (TPSA) is 228 Å². The van der Waals surface area contributed by atoms with Crippen LogP contribution >= 0.6 is 11.8 Å². The fourth-order valence-corrected chi connectivity index (χ4v) is 3.33. The Hall–Kier alpha value is -3.36. The van der Waals surface area contributed by atoms with Crippen molar-refractivity contribution in [2.24, 2.45) is 5.73 Å². The number of rotatable bonds is 15. The van der Waals surface area contributed by atoms with Gasteiger partial charge in [-0.05, 0) is 36.1 Å². The minimum absolute atomic E-state index is 0.0306. The number of phenols is 1. The maximum absolute atomic E-state index is 12.8. The van der Waals surface area contributed by atoms with Crippen LogP contribution in [-0.2, 0) is 30.4 Å². The van der Waals surface area contributed by atoms with Gasteiger partial charge in [0.2, 0.25) is 17.7 Å². The Kier molecular flexibility index (Phi) is 12.6. The first-order valence-corrected chi connectivity index (χ1v) is 11.9. The van der Waals surface area contributed by atoms with E-state index in [9.17, 15) is 39.3 Å². The average molecular weight is 515 g/mol.